The minimum absolute atomic E-state index is 0. The van der Waals surface area contributed by atoms with Gasteiger partial charge in [-0.15, -0.1) is 0 Å². The number of carboxylic acids is 2. The van der Waals surface area contributed by atoms with Gasteiger partial charge in [-0.2, -0.15) is 0 Å². The molecule has 0 atom stereocenters. The second kappa shape index (κ2) is 7.92. The van der Waals surface area contributed by atoms with Gasteiger partial charge in [0.1, 0.15) is 0 Å². The fraction of sp³-hybridized carbons (Fsp3) is 0. The van der Waals surface area contributed by atoms with E-state index in [1.54, 1.807) is 36.4 Å². The molecule has 2 aromatic rings. The van der Waals surface area contributed by atoms with Gasteiger partial charge in [0.15, 0.2) is 0 Å². The van der Waals surface area contributed by atoms with Crippen molar-refractivity contribution in [3.8, 4) is 0 Å². The fourth-order valence-electron chi connectivity index (χ4n) is 1.57. The molecule has 0 spiro atoms. The normalized spacial score (nSPS) is 9.60. The van der Waals surface area contributed by atoms with Crippen molar-refractivity contribution in [1.29, 1.82) is 0 Å². The van der Waals surface area contributed by atoms with Gasteiger partial charge in [0, 0.05) is 20.9 Å². The molecule has 0 radical (unpaired) electrons. The molecule has 96 valence electrons. The molecule has 0 saturated heterocycles. The molecule has 0 bridgehead atoms. The summed E-state index contributed by atoms with van der Waals surface area (Å²) in [6.07, 6.45) is 0. The second-order valence-electron chi connectivity index (χ2n) is 3.67. The molecule has 0 unspecified atom stereocenters. The van der Waals surface area contributed by atoms with Gasteiger partial charge in [-0.05, 0) is 12.1 Å². The molecule has 0 aliphatic heterocycles. The Kier molecular flexibility index (Phi) is 6.87. The van der Waals surface area contributed by atoms with Gasteiger partial charge in [-0.1, -0.05) is 48.2 Å². The smallest absolute Gasteiger partial charge is 0.545 e. The molecule has 20 heavy (non-hydrogen) atoms. The predicted molar refractivity (Wildman–Crippen MR) is 71.4 cm³/mol. The summed E-state index contributed by atoms with van der Waals surface area (Å²) in [5, 5.41) is 22.0. The fourth-order valence-corrected chi connectivity index (χ4v) is 2.62. The molecule has 0 amide bonds. The van der Waals surface area contributed by atoms with Crippen LogP contribution >= 0.6 is 11.8 Å². The van der Waals surface area contributed by atoms with Crippen molar-refractivity contribution in [2.24, 2.45) is 0 Å². The van der Waals surface area contributed by atoms with E-state index >= 15 is 0 Å². The van der Waals surface area contributed by atoms with Gasteiger partial charge in [0.25, 0.3) is 0 Å². The minimum atomic E-state index is -1.30. The molecule has 0 aliphatic rings. The zero-order chi connectivity index (χ0) is 13.8. The van der Waals surface area contributed by atoms with Gasteiger partial charge in [0.2, 0.25) is 0 Å². The molecule has 0 heterocycles. The summed E-state index contributed by atoms with van der Waals surface area (Å²) in [5.74, 6) is -2.59. The molecule has 0 fully saturated rings. The van der Waals surface area contributed by atoms with Crippen LogP contribution in [-0.2, 0) is 0 Å². The van der Waals surface area contributed by atoms with E-state index in [9.17, 15) is 19.8 Å². The van der Waals surface area contributed by atoms with Crippen molar-refractivity contribution in [1.82, 2.24) is 0 Å². The van der Waals surface area contributed by atoms with Crippen molar-refractivity contribution in [2.45, 2.75) is 9.79 Å². The number of hydrogen-bond acceptors (Lipinski definition) is 5. The Bertz CT molecular complexity index is 587. The third kappa shape index (κ3) is 4.15. The summed E-state index contributed by atoms with van der Waals surface area (Å²) in [4.78, 5) is 22.8. The number of benzene rings is 2. The number of carbonyl (C=O) groups excluding carboxylic acids is 2. The standard InChI is InChI=1S/C14H10O4S.Ba/c15-13(16)9-5-1-3-7-11(9)19-12-8-4-2-6-10(12)14(17)18;/h1-8H,(H,15,16)(H,17,18);/q;+2/p-2. The van der Waals surface area contributed by atoms with E-state index in [4.69, 9.17) is 0 Å². The Morgan fingerprint density at radius 1 is 0.750 bits per heavy atom. The molecule has 0 aromatic heterocycles. The number of carboxylic acid groups (broad SMARTS) is 2. The van der Waals surface area contributed by atoms with Crippen LogP contribution in [0.2, 0.25) is 0 Å². The Labute approximate surface area is 160 Å². The second-order valence-corrected chi connectivity index (χ2v) is 4.75. The van der Waals surface area contributed by atoms with Gasteiger partial charge in [-0.3, -0.25) is 0 Å². The molecule has 0 aliphatic carbocycles. The predicted octanol–water partition coefficient (Wildman–Crippen LogP) is 0.184. The number of aromatic carboxylic acids is 2. The summed E-state index contributed by atoms with van der Waals surface area (Å²) < 4.78 is 0. The van der Waals surface area contributed by atoms with Crippen LogP contribution in [0, 0.1) is 0 Å². The first-order valence-electron chi connectivity index (χ1n) is 5.38. The SMILES string of the molecule is O=C([O-])c1ccccc1Sc1ccccc1C(=O)[O-].[Ba+2]. The number of carbonyl (C=O) groups is 2. The minimum Gasteiger partial charge on any atom is -0.545 e. The van der Waals surface area contributed by atoms with E-state index in [0.717, 1.165) is 11.8 Å². The van der Waals surface area contributed by atoms with Gasteiger partial charge >= 0.3 is 48.9 Å². The van der Waals surface area contributed by atoms with E-state index in [1.165, 1.54) is 12.1 Å². The largest absolute Gasteiger partial charge is 2.00 e. The summed E-state index contributed by atoms with van der Waals surface area (Å²) in [7, 11) is 0. The summed E-state index contributed by atoms with van der Waals surface area (Å²) >= 11 is 1.06. The van der Waals surface area contributed by atoms with Crippen molar-refractivity contribution in [3.05, 3.63) is 59.7 Å². The van der Waals surface area contributed by atoms with Gasteiger partial charge < -0.3 is 19.8 Å². The van der Waals surface area contributed by atoms with Crippen LogP contribution in [0.1, 0.15) is 20.7 Å². The van der Waals surface area contributed by atoms with Gasteiger partial charge in [0.05, 0.1) is 11.9 Å². The van der Waals surface area contributed by atoms with Crippen molar-refractivity contribution < 1.29 is 19.8 Å². The number of rotatable bonds is 4. The summed E-state index contributed by atoms with van der Waals surface area (Å²) in [5.41, 5.74) is 0.0568. The van der Waals surface area contributed by atoms with E-state index in [-0.39, 0.29) is 60.0 Å². The molecule has 2 rings (SSSR count). The molecule has 6 heteroatoms. The Morgan fingerprint density at radius 2 is 1.10 bits per heavy atom. The van der Waals surface area contributed by atoms with Crippen LogP contribution in [0.4, 0.5) is 0 Å². The Hall–Kier alpha value is -0.699. The van der Waals surface area contributed by atoms with Crippen molar-refractivity contribution in [3.63, 3.8) is 0 Å². The summed E-state index contributed by atoms with van der Waals surface area (Å²) in [6, 6.07) is 12.6. The van der Waals surface area contributed by atoms with E-state index in [2.05, 4.69) is 0 Å². The van der Waals surface area contributed by atoms with Crippen LogP contribution in [0.3, 0.4) is 0 Å². The van der Waals surface area contributed by atoms with Crippen LogP contribution < -0.4 is 10.2 Å². The molecule has 2 aromatic carbocycles. The van der Waals surface area contributed by atoms with Crippen molar-refractivity contribution >= 4 is 72.6 Å². The van der Waals surface area contributed by atoms with Gasteiger partial charge in [-0.25, -0.2) is 0 Å². The van der Waals surface area contributed by atoms with E-state index < -0.39 is 11.9 Å². The van der Waals surface area contributed by atoms with E-state index in [0.29, 0.717) is 9.79 Å². The first-order chi connectivity index (χ1) is 9.09. The molecule has 0 N–H and O–H groups in total. The molecule has 0 saturated carbocycles. The maximum atomic E-state index is 11.0. The zero-order valence-electron chi connectivity index (χ0n) is 10.4. The topological polar surface area (TPSA) is 80.3 Å². The third-order valence-electron chi connectivity index (χ3n) is 2.43. The average molecular weight is 410 g/mol. The number of hydrogen-bond donors (Lipinski definition) is 0. The van der Waals surface area contributed by atoms with Crippen LogP contribution in [0.25, 0.3) is 0 Å². The molecular formula is C14H8BaO4S. The maximum absolute atomic E-state index is 11.0. The zero-order valence-corrected chi connectivity index (χ0v) is 15.6. The monoisotopic (exact) mass is 410 g/mol. The average Bonchev–Trinajstić information content (AvgIpc) is 2.39. The maximum Gasteiger partial charge on any atom is 2.00 e. The first kappa shape index (κ1) is 17.4. The Morgan fingerprint density at radius 3 is 1.45 bits per heavy atom. The quantitative estimate of drug-likeness (QED) is 0.673. The van der Waals surface area contributed by atoms with Crippen LogP contribution in [0.5, 0.6) is 0 Å². The summed E-state index contributed by atoms with van der Waals surface area (Å²) in [6.45, 7) is 0. The first-order valence-corrected chi connectivity index (χ1v) is 6.20. The van der Waals surface area contributed by atoms with Crippen LogP contribution in [-0.4, -0.2) is 60.8 Å². The third-order valence-corrected chi connectivity index (χ3v) is 3.59. The van der Waals surface area contributed by atoms with E-state index in [1.807, 2.05) is 0 Å². The molecular weight excluding hydrogens is 402 g/mol. The Balaban J connectivity index is 0.00000200. The molecule has 4 nitrogen and oxygen atoms in total. The van der Waals surface area contributed by atoms with Crippen molar-refractivity contribution in [2.75, 3.05) is 0 Å². The van der Waals surface area contributed by atoms with Crippen LogP contribution in [0.15, 0.2) is 58.3 Å².